The van der Waals surface area contributed by atoms with E-state index in [9.17, 15) is 5.26 Å². The van der Waals surface area contributed by atoms with E-state index in [4.69, 9.17) is 4.74 Å². The molecule has 72 valence electrons. The summed E-state index contributed by atoms with van der Waals surface area (Å²) in [6, 6.07) is 10.2. The SMILES string of the molecule is CC(C)C1(C#N)Cc2ccccc2O1. The molecule has 1 aliphatic heterocycles. The third-order valence-corrected chi connectivity index (χ3v) is 2.84. The van der Waals surface area contributed by atoms with E-state index in [-0.39, 0.29) is 5.92 Å². The van der Waals surface area contributed by atoms with Crippen molar-refractivity contribution in [2.24, 2.45) is 5.92 Å². The lowest BCUT2D eigenvalue weighted by Gasteiger charge is -2.24. The van der Waals surface area contributed by atoms with Gasteiger partial charge in [-0.25, -0.2) is 0 Å². The number of hydrogen-bond acceptors (Lipinski definition) is 2. The van der Waals surface area contributed by atoms with Crippen LogP contribution in [0, 0.1) is 17.2 Å². The summed E-state index contributed by atoms with van der Waals surface area (Å²) in [5.74, 6) is 1.07. The number of nitriles is 1. The Labute approximate surface area is 84.1 Å². The third-order valence-electron chi connectivity index (χ3n) is 2.84. The maximum atomic E-state index is 9.18. The highest BCUT2D eigenvalue weighted by atomic mass is 16.5. The van der Waals surface area contributed by atoms with E-state index in [0.29, 0.717) is 6.42 Å². The highest BCUT2D eigenvalue weighted by Crippen LogP contribution is 2.38. The maximum absolute atomic E-state index is 9.18. The topological polar surface area (TPSA) is 33.0 Å². The number of ether oxygens (including phenoxy) is 1. The number of fused-ring (bicyclic) bond motifs is 1. The van der Waals surface area contributed by atoms with Gasteiger partial charge in [0.2, 0.25) is 5.60 Å². The van der Waals surface area contributed by atoms with Gasteiger partial charge in [0.1, 0.15) is 11.8 Å². The Hall–Kier alpha value is -1.49. The standard InChI is InChI=1S/C12H13NO/c1-9(2)12(8-13)7-10-5-3-4-6-11(10)14-12/h3-6,9H,7H2,1-2H3. The van der Waals surface area contributed by atoms with E-state index in [1.165, 1.54) is 0 Å². The van der Waals surface area contributed by atoms with Crippen molar-refractivity contribution in [1.29, 1.82) is 5.26 Å². The Bertz CT molecular complexity index is 365. The first-order chi connectivity index (χ1) is 6.68. The van der Waals surface area contributed by atoms with Gasteiger partial charge >= 0.3 is 0 Å². The predicted octanol–water partition coefficient (Wildman–Crippen LogP) is 2.54. The van der Waals surface area contributed by atoms with Gasteiger partial charge in [-0.3, -0.25) is 0 Å². The molecule has 0 radical (unpaired) electrons. The lowest BCUT2D eigenvalue weighted by atomic mass is 9.87. The van der Waals surface area contributed by atoms with Crippen molar-refractivity contribution < 1.29 is 4.74 Å². The van der Waals surface area contributed by atoms with E-state index in [1.807, 2.05) is 38.1 Å². The Morgan fingerprint density at radius 1 is 1.43 bits per heavy atom. The van der Waals surface area contributed by atoms with Crippen LogP contribution in [0.25, 0.3) is 0 Å². The van der Waals surface area contributed by atoms with Crippen molar-refractivity contribution in [1.82, 2.24) is 0 Å². The minimum atomic E-state index is -0.649. The summed E-state index contributed by atoms with van der Waals surface area (Å²) >= 11 is 0. The molecule has 1 unspecified atom stereocenters. The number of benzene rings is 1. The first-order valence-corrected chi connectivity index (χ1v) is 4.86. The van der Waals surface area contributed by atoms with Crippen LogP contribution in [0.15, 0.2) is 24.3 Å². The minimum absolute atomic E-state index is 0.208. The number of hydrogen-bond donors (Lipinski definition) is 0. The van der Waals surface area contributed by atoms with Gasteiger partial charge in [-0.05, 0) is 11.6 Å². The second-order valence-electron chi connectivity index (χ2n) is 4.04. The fourth-order valence-corrected chi connectivity index (χ4v) is 1.78. The smallest absolute Gasteiger partial charge is 0.200 e. The van der Waals surface area contributed by atoms with Crippen molar-refractivity contribution in [2.75, 3.05) is 0 Å². The molecular weight excluding hydrogens is 174 g/mol. The van der Waals surface area contributed by atoms with E-state index in [2.05, 4.69) is 6.07 Å². The number of rotatable bonds is 1. The molecule has 0 spiro atoms. The zero-order chi connectivity index (χ0) is 10.2. The van der Waals surface area contributed by atoms with Gasteiger partial charge in [-0.2, -0.15) is 5.26 Å². The van der Waals surface area contributed by atoms with Crippen LogP contribution in [0.5, 0.6) is 5.75 Å². The molecule has 1 heterocycles. The van der Waals surface area contributed by atoms with Crippen molar-refractivity contribution >= 4 is 0 Å². The van der Waals surface area contributed by atoms with Gasteiger partial charge in [0.25, 0.3) is 0 Å². The molecule has 0 aliphatic carbocycles. The Balaban J connectivity index is 2.39. The van der Waals surface area contributed by atoms with Gasteiger partial charge in [0, 0.05) is 12.3 Å². The van der Waals surface area contributed by atoms with Gasteiger partial charge in [0.15, 0.2) is 0 Å². The fourth-order valence-electron chi connectivity index (χ4n) is 1.78. The molecule has 0 aromatic heterocycles. The monoisotopic (exact) mass is 187 g/mol. The van der Waals surface area contributed by atoms with Gasteiger partial charge in [0.05, 0.1) is 0 Å². The van der Waals surface area contributed by atoms with E-state index < -0.39 is 5.60 Å². The molecule has 1 aromatic rings. The van der Waals surface area contributed by atoms with Crippen LogP contribution in [-0.2, 0) is 6.42 Å². The molecule has 0 bridgehead atoms. The van der Waals surface area contributed by atoms with Crippen LogP contribution < -0.4 is 4.74 Å². The summed E-state index contributed by atoms with van der Waals surface area (Å²) in [6.45, 7) is 4.05. The van der Waals surface area contributed by atoms with Crippen molar-refractivity contribution in [3.63, 3.8) is 0 Å². The van der Waals surface area contributed by atoms with Crippen molar-refractivity contribution in [2.45, 2.75) is 25.9 Å². The first kappa shape index (κ1) is 9.08. The lowest BCUT2D eigenvalue weighted by molar-refractivity contribution is 0.104. The molecule has 14 heavy (non-hydrogen) atoms. The summed E-state index contributed by atoms with van der Waals surface area (Å²) in [4.78, 5) is 0. The quantitative estimate of drug-likeness (QED) is 0.676. The molecular formula is C12H13NO. The molecule has 0 saturated heterocycles. The first-order valence-electron chi connectivity index (χ1n) is 4.86. The normalized spacial score (nSPS) is 24.1. The minimum Gasteiger partial charge on any atom is -0.472 e. The molecule has 0 N–H and O–H groups in total. The van der Waals surface area contributed by atoms with Gasteiger partial charge < -0.3 is 4.74 Å². The van der Waals surface area contributed by atoms with Crippen LogP contribution in [0.3, 0.4) is 0 Å². The van der Waals surface area contributed by atoms with Crippen molar-refractivity contribution in [3.8, 4) is 11.8 Å². The maximum Gasteiger partial charge on any atom is 0.200 e. The molecule has 0 saturated carbocycles. The van der Waals surface area contributed by atoms with E-state index in [0.717, 1.165) is 11.3 Å². The molecule has 1 atom stereocenters. The summed E-state index contributed by atoms with van der Waals surface area (Å²) in [7, 11) is 0. The summed E-state index contributed by atoms with van der Waals surface area (Å²) < 4.78 is 5.74. The average Bonchev–Trinajstić information content (AvgIpc) is 2.57. The van der Waals surface area contributed by atoms with E-state index in [1.54, 1.807) is 0 Å². The Morgan fingerprint density at radius 3 is 2.71 bits per heavy atom. The summed E-state index contributed by atoms with van der Waals surface area (Å²) in [6.07, 6.45) is 0.706. The number of para-hydroxylation sites is 1. The van der Waals surface area contributed by atoms with Crippen LogP contribution in [0.1, 0.15) is 19.4 Å². The lowest BCUT2D eigenvalue weighted by Crippen LogP contribution is -2.38. The zero-order valence-corrected chi connectivity index (χ0v) is 8.45. The van der Waals surface area contributed by atoms with Crippen LogP contribution in [0.4, 0.5) is 0 Å². The molecule has 2 nitrogen and oxygen atoms in total. The van der Waals surface area contributed by atoms with E-state index >= 15 is 0 Å². The third kappa shape index (κ3) is 1.17. The fraction of sp³-hybridized carbons (Fsp3) is 0.417. The molecule has 1 aromatic carbocycles. The summed E-state index contributed by atoms with van der Waals surface area (Å²) in [5, 5.41) is 9.18. The summed E-state index contributed by atoms with van der Waals surface area (Å²) in [5.41, 5.74) is 0.492. The Morgan fingerprint density at radius 2 is 2.14 bits per heavy atom. The predicted molar refractivity (Wildman–Crippen MR) is 54.0 cm³/mol. The molecule has 2 heteroatoms. The highest BCUT2D eigenvalue weighted by Gasteiger charge is 2.42. The average molecular weight is 187 g/mol. The second kappa shape index (κ2) is 3.02. The highest BCUT2D eigenvalue weighted by molar-refractivity contribution is 5.41. The van der Waals surface area contributed by atoms with Crippen LogP contribution in [-0.4, -0.2) is 5.60 Å². The van der Waals surface area contributed by atoms with Crippen LogP contribution in [0.2, 0.25) is 0 Å². The zero-order valence-electron chi connectivity index (χ0n) is 8.45. The van der Waals surface area contributed by atoms with Crippen molar-refractivity contribution in [3.05, 3.63) is 29.8 Å². The molecule has 0 fully saturated rings. The van der Waals surface area contributed by atoms with Gasteiger partial charge in [-0.1, -0.05) is 32.0 Å². The molecule has 1 aliphatic rings. The molecule has 0 amide bonds. The van der Waals surface area contributed by atoms with Gasteiger partial charge in [-0.15, -0.1) is 0 Å². The largest absolute Gasteiger partial charge is 0.472 e. The van der Waals surface area contributed by atoms with Crippen LogP contribution >= 0.6 is 0 Å². The number of nitrogens with zero attached hydrogens (tertiary/aromatic N) is 1. The second-order valence-corrected chi connectivity index (χ2v) is 4.04. The molecule has 2 rings (SSSR count). The Kier molecular flexibility index (Phi) is 1.96.